The van der Waals surface area contributed by atoms with Gasteiger partial charge in [0.05, 0.1) is 16.7 Å². The highest BCUT2D eigenvalue weighted by Crippen LogP contribution is 2.24. The molecule has 0 bridgehead atoms. The summed E-state index contributed by atoms with van der Waals surface area (Å²) >= 11 is 8.95. The number of carbonyl (C=O) groups excluding carboxylic acids is 1. The number of rotatable bonds is 6. The maximum atomic E-state index is 11.7. The van der Waals surface area contributed by atoms with Gasteiger partial charge in [-0.15, -0.1) is 0 Å². The SMILES string of the molecule is N#Cc1cc(Br)ccc1OCC(=O)NN=Cc1ccc(Cl)c([N+](=O)[O-])c1. The quantitative estimate of drug-likeness (QED) is 0.422. The van der Waals surface area contributed by atoms with Crippen LogP contribution in [0.2, 0.25) is 5.02 Å². The van der Waals surface area contributed by atoms with E-state index in [1.165, 1.54) is 24.4 Å². The van der Waals surface area contributed by atoms with E-state index in [4.69, 9.17) is 21.6 Å². The average molecular weight is 438 g/mol. The number of hydrogen-bond acceptors (Lipinski definition) is 6. The molecule has 2 rings (SSSR count). The third-order valence-electron chi connectivity index (χ3n) is 2.99. The maximum Gasteiger partial charge on any atom is 0.288 e. The van der Waals surface area contributed by atoms with Gasteiger partial charge in [0.2, 0.25) is 0 Å². The Kier molecular flexibility index (Phi) is 6.66. The third kappa shape index (κ3) is 5.27. The number of nitro groups is 1. The first kappa shape index (κ1) is 19.4. The van der Waals surface area contributed by atoms with Crippen LogP contribution >= 0.6 is 27.5 Å². The highest BCUT2D eigenvalue weighted by Gasteiger charge is 2.12. The Bertz CT molecular complexity index is 927. The van der Waals surface area contributed by atoms with Crippen molar-refractivity contribution in [3.63, 3.8) is 0 Å². The Labute approximate surface area is 161 Å². The first-order valence-corrected chi connectivity index (χ1v) is 8.16. The molecule has 26 heavy (non-hydrogen) atoms. The fourth-order valence-corrected chi connectivity index (χ4v) is 2.37. The van der Waals surface area contributed by atoms with Crippen LogP contribution in [0.1, 0.15) is 11.1 Å². The van der Waals surface area contributed by atoms with Gasteiger partial charge in [-0.3, -0.25) is 14.9 Å². The van der Waals surface area contributed by atoms with Crippen molar-refractivity contribution in [3.8, 4) is 11.8 Å². The van der Waals surface area contributed by atoms with E-state index < -0.39 is 10.8 Å². The van der Waals surface area contributed by atoms with Crippen LogP contribution in [0.25, 0.3) is 0 Å². The van der Waals surface area contributed by atoms with Gasteiger partial charge in [0.1, 0.15) is 16.8 Å². The zero-order valence-corrected chi connectivity index (χ0v) is 15.3. The van der Waals surface area contributed by atoms with Gasteiger partial charge in [0, 0.05) is 16.1 Å². The Hall–Kier alpha value is -2.96. The number of amides is 1. The van der Waals surface area contributed by atoms with Crippen molar-refractivity contribution in [1.82, 2.24) is 5.43 Å². The summed E-state index contributed by atoms with van der Waals surface area (Å²) in [5.41, 5.74) is 2.64. The molecular formula is C16H10BrClN4O4. The van der Waals surface area contributed by atoms with E-state index in [-0.39, 0.29) is 28.6 Å². The number of ether oxygens (including phenoxy) is 1. The van der Waals surface area contributed by atoms with E-state index in [1.807, 2.05) is 6.07 Å². The summed E-state index contributed by atoms with van der Waals surface area (Å²) in [4.78, 5) is 21.9. The molecule has 0 aliphatic carbocycles. The van der Waals surface area contributed by atoms with E-state index in [0.29, 0.717) is 10.0 Å². The number of nitriles is 1. The Morgan fingerprint density at radius 2 is 2.19 bits per heavy atom. The van der Waals surface area contributed by atoms with Crippen molar-refractivity contribution < 1.29 is 14.5 Å². The molecule has 0 saturated heterocycles. The van der Waals surface area contributed by atoms with Crippen molar-refractivity contribution in [2.75, 3.05) is 6.61 Å². The number of hydrogen-bond donors (Lipinski definition) is 1. The second-order valence-corrected chi connectivity index (χ2v) is 6.12. The minimum absolute atomic E-state index is 0.00683. The summed E-state index contributed by atoms with van der Waals surface area (Å²) in [7, 11) is 0. The largest absolute Gasteiger partial charge is 0.482 e. The van der Waals surface area contributed by atoms with Crippen molar-refractivity contribution >= 4 is 45.3 Å². The van der Waals surface area contributed by atoms with Gasteiger partial charge in [0.25, 0.3) is 11.6 Å². The summed E-state index contributed by atoms with van der Waals surface area (Å²) in [6.07, 6.45) is 1.24. The predicted octanol–water partition coefficient (Wildman–Crippen LogP) is 3.41. The second-order valence-electron chi connectivity index (χ2n) is 4.80. The maximum absolute atomic E-state index is 11.7. The molecule has 0 aliphatic rings. The molecule has 0 saturated carbocycles. The number of nitro benzene ring substituents is 1. The fourth-order valence-electron chi connectivity index (χ4n) is 1.82. The standard InChI is InChI=1S/C16H10BrClN4O4/c17-12-2-4-15(11(6-12)7-19)26-9-16(23)21-20-8-10-1-3-13(18)14(5-10)22(24)25/h1-6,8H,9H2,(H,21,23). The molecule has 10 heteroatoms. The van der Waals surface area contributed by atoms with E-state index in [1.54, 1.807) is 18.2 Å². The van der Waals surface area contributed by atoms with Gasteiger partial charge in [-0.05, 0) is 24.3 Å². The Morgan fingerprint density at radius 1 is 1.42 bits per heavy atom. The Balaban J connectivity index is 1.93. The highest BCUT2D eigenvalue weighted by atomic mass is 79.9. The van der Waals surface area contributed by atoms with Crippen LogP contribution in [-0.2, 0) is 4.79 Å². The highest BCUT2D eigenvalue weighted by molar-refractivity contribution is 9.10. The lowest BCUT2D eigenvalue weighted by Crippen LogP contribution is -2.24. The smallest absolute Gasteiger partial charge is 0.288 e. The van der Waals surface area contributed by atoms with Crippen LogP contribution in [-0.4, -0.2) is 23.7 Å². The number of carbonyl (C=O) groups is 1. The van der Waals surface area contributed by atoms with Crippen LogP contribution in [0, 0.1) is 21.4 Å². The minimum atomic E-state index is -0.614. The Morgan fingerprint density at radius 3 is 2.88 bits per heavy atom. The molecule has 0 radical (unpaired) electrons. The first-order valence-electron chi connectivity index (χ1n) is 6.99. The molecule has 0 atom stereocenters. The summed E-state index contributed by atoms with van der Waals surface area (Å²) in [5, 5.41) is 23.5. The predicted molar refractivity (Wildman–Crippen MR) is 98.2 cm³/mol. The van der Waals surface area contributed by atoms with Gasteiger partial charge in [0.15, 0.2) is 6.61 Å². The molecule has 1 amide bonds. The molecule has 0 spiro atoms. The van der Waals surface area contributed by atoms with E-state index in [0.717, 1.165) is 0 Å². The number of halogens is 2. The minimum Gasteiger partial charge on any atom is -0.482 e. The molecule has 132 valence electrons. The van der Waals surface area contributed by atoms with Gasteiger partial charge in [-0.2, -0.15) is 10.4 Å². The fraction of sp³-hybridized carbons (Fsp3) is 0.0625. The summed E-state index contributed by atoms with van der Waals surface area (Å²) < 4.78 is 5.99. The molecule has 0 aromatic heterocycles. The normalized spacial score (nSPS) is 10.3. The molecule has 8 nitrogen and oxygen atoms in total. The monoisotopic (exact) mass is 436 g/mol. The summed E-state index contributed by atoms with van der Waals surface area (Å²) in [5.74, 6) is -0.292. The molecule has 2 aromatic carbocycles. The summed E-state index contributed by atoms with van der Waals surface area (Å²) in [6.45, 7) is -0.353. The lowest BCUT2D eigenvalue weighted by atomic mass is 10.2. The molecule has 0 aliphatic heterocycles. The van der Waals surface area contributed by atoms with Crippen LogP contribution < -0.4 is 10.2 Å². The third-order valence-corrected chi connectivity index (χ3v) is 3.80. The number of nitrogens with zero attached hydrogens (tertiary/aromatic N) is 3. The van der Waals surface area contributed by atoms with Gasteiger partial charge in [-0.25, -0.2) is 5.43 Å². The molecular weight excluding hydrogens is 428 g/mol. The van der Waals surface area contributed by atoms with E-state index >= 15 is 0 Å². The zero-order chi connectivity index (χ0) is 19.1. The molecule has 2 aromatic rings. The van der Waals surface area contributed by atoms with Gasteiger partial charge >= 0.3 is 0 Å². The molecule has 1 N–H and O–H groups in total. The van der Waals surface area contributed by atoms with Crippen molar-refractivity contribution in [3.05, 3.63) is 67.1 Å². The molecule has 0 heterocycles. The number of hydrazone groups is 1. The van der Waals surface area contributed by atoms with Crippen LogP contribution in [0.5, 0.6) is 5.75 Å². The zero-order valence-electron chi connectivity index (χ0n) is 13.0. The van der Waals surface area contributed by atoms with Crippen LogP contribution in [0.15, 0.2) is 46.0 Å². The summed E-state index contributed by atoms with van der Waals surface area (Å²) in [6, 6.07) is 10.9. The lowest BCUT2D eigenvalue weighted by Gasteiger charge is -2.06. The average Bonchev–Trinajstić information content (AvgIpc) is 2.61. The van der Waals surface area contributed by atoms with E-state index in [2.05, 4.69) is 26.5 Å². The van der Waals surface area contributed by atoms with Crippen molar-refractivity contribution in [2.45, 2.75) is 0 Å². The van der Waals surface area contributed by atoms with E-state index in [9.17, 15) is 14.9 Å². The van der Waals surface area contributed by atoms with Crippen molar-refractivity contribution in [2.24, 2.45) is 5.10 Å². The van der Waals surface area contributed by atoms with Crippen LogP contribution in [0.4, 0.5) is 5.69 Å². The second kappa shape index (κ2) is 8.94. The molecule has 0 unspecified atom stereocenters. The lowest BCUT2D eigenvalue weighted by molar-refractivity contribution is -0.384. The van der Waals surface area contributed by atoms with Crippen LogP contribution in [0.3, 0.4) is 0 Å². The number of nitrogens with one attached hydrogen (secondary N) is 1. The number of benzene rings is 2. The van der Waals surface area contributed by atoms with Gasteiger partial charge in [-0.1, -0.05) is 33.6 Å². The van der Waals surface area contributed by atoms with Gasteiger partial charge < -0.3 is 4.74 Å². The topological polar surface area (TPSA) is 118 Å². The first-order chi connectivity index (χ1) is 12.4. The molecule has 0 fully saturated rings. The van der Waals surface area contributed by atoms with Crippen molar-refractivity contribution in [1.29, 1.82) is 5.26 Å².